The van der Waals surface area contributed by atoms with Crippen LogP contribution in [0.15, 0.2) is 23.2 Å². The molecule has 2 N–H and O–H groups in total. The maximum absolute atomic E-state index is 12.7. The van der Waals surface area contributed by atoms with E-state index in [-0.39, 0.29) is 29.7 Å². The molecule has 1 aliphatic rings. The zero-order valence-corrected chi connectivity index (χ0v) is 19.4. The average molecular weight is 527 g/mol. The second-order valence-electron chi connectivity index (χ2n) is 6.72. The molecule has 0 aromatic heterocycles. The van der Waals surface area contributed by atoms with Crippen LogP contribution in [-0.2, 0) is 11.3 Å². The topological polar surface area (TPSA) is 64.1 Å². The Morgan fingerprint density at radius 2 is 2.03 bits per heavy atom. The highest BCUT2D eigenvalue weighted by atomic mass is 127. The predicted molar refractivity (Wildman–Crippen MR) is 121 cm³/mol. The van der Waals surface area contributed by atoms with Gasteiger partial charge in [0.15, 0.2) is 5.96 Å². The molecule has 9 heteroatoms. The summed E-state index contributed by atoms with van der Waals surface area (Å²) in [6.45, 7) is 2.19. The van der Waals surface area contributed by atoms with Crippen LogP contribution in [0.3, 0.4) is 0 Å². The lowest BCUT2D eigenvalue weighted by Gasteiger charge is -2.16. The maximum Gasteiger partial charge on any atom is 0.387 e. The zero-order chi connectivity index (χ0) is 20.2. The summed E-state index contributed by atoms with van der Waals surface area (Å²) in [6, 6.07) is 4.96. The third-order valence-corrected chi connectivity index (χ3v) is 4.21. The van der Waals surface area contributed by atoms with Crippen LogP contribution in [0.4, 0.5) is 8.78 Å². The first-order valence-corrected chi connectivity index (χ1v) is 9.85. The molecule has 29 heavy (non-hydrogen) atoms. The summed E-state index contributed by atoms with van der Waals surface area (Å²) in [5.41, 5.74) is 0.597. The Morgan fingerprint density at radius 1 is 1.24 bits per heavy atom. The molecule has 0 saturated heterocycles. The Kier molecular flexibility index (Phi) is 12.9. The molecule has 1 fully saturated rings. The third-order valence-electron chi connectivity index (χ3n) is 4.21. The van der Waals surface area contributed by atoms with E-state index in [1.165, 1.54) is 18.9 Å². The number of hydrogen-bond acceptors (Lipinski definition) is 4. The fourth-order valence-corrected chi connectivity index (χ4v) is 2.51. The van der Waals surface area contributed by atoms with Gasteiger partial charge in [0, 0.05) is 45.0 Å². The normalized spacial score (nSPS) is 13.8. The van der Waals surface area contributed by atoms with Gasteiger partial charge in [-0.05, 0) is 43.7 Å². The van der Waals surface area contributed by atoms with Crippen LogP contribution in [0.5, 0.6) is 11.5 Å². The number of nitrogens with zero attached hydrogens (tertiary/aromatic N) is 1. The van der Waals surface area contributed by atoms with Crippen molar-refractivity contribution >= 4 is 29.9 Å². The minimum absolute atomic E-state index is 0. The lowest BCUT2D eigenvalue weighted by Crippen LogP contribution is -2.37. The standard InChI is InChI=1S/C20H31F2N3O3.HI/c1-3-10-27-17-8-7-16(18(12-17)28-19(21)22)13-25-20(23-2)24-9-4-11-26-14-15-5-6-15;/h7-8,12,15,19H,3-6,9-11,13-14H2,1-2H3,(H2,23,24,25);1H. The summed E-state index contributed by atoms with van der Waals surface area (Å²) in [7, 11) is 1.66. The fraction of sp³-hybridized carbons (Fsp3) is 0.650. The molecule has 2 rings (SSSR count). The first kappa shape index (κ1) is 25.7. The second kappa shape index (κ2) is 14.6. The predicted octanol–water partition coefficient (Wildman–Crippen LogP) is 4.18. The van der Waals surface area contributed by atoms with Crippen LogP contribution in [0, 0.1) is 5.92 Å². The number of aliphatic imine (C=N–C) groups is 1. The summed E-state index contributed by atoms with van der Waals surface area (Å²) < 4.78 is 41.2. The molecule has 1 aromatic rings. The van der Waals surface area contributed by atoms with Crippen LogP contribution in [-0.4, -0.2) is 46.0 Å². The summed E-state index contributed by atoms with van der Waals surface area (Å²) >= 11 is 0. The van der Waals surface area contributed by atoms with Gasteiger partial charge in [-0.2, -0.15) is 8.78 Å². The van der Waals surface area contributed by atoms with E-state index < -0.39 is 6.61 Å². The first-order chi connectivity index (χ1) is 13.6. The van der Waals surface area contributed by atoms with E-state index >= 15 is 0 Å². The largest absolute Gasteiger partial charge is 0.493 e. The van der Waals surface area contributed by atoms with Gasteiger partial charge in [0.1, 0.15) is 11.5 Å². The van der Waals surface area contributed by atoms with Crippen molar-refractivity contribution in [2.75, 3.05) is 33.4 Å². The van der Waals surface area contributed by atoms with Crippen molar-refractivity contribution in [2.24, 2.45) is 10.9 Å². The van der Waals surface area contributed by atoms with Crippen molar-refractivity contribution in [3.63, 3.8) is 0 Å². The van der Waals surface area contributed by atoms with Gasteiger partial charge in [0.2, 0.25) is 0 Å². The van der Waals surface area contributed by atoms with E-state index in [0.29, 0.717) is 43.6 Å². The van der Waals surface area contributed by atoms with E-state index in [4.69, 9.17) is 9.47 Å². The van der Waals surface area contributed by atoms with E-state index in [0.717, 1.165) is 25.4 Å². The lowest BCUT2D eigenvalue weighted by atomic mass is 10.2. The first-order valence-electron chi connectivity index (χ1n) is 9.85. The molecule has 1 aliphatic carbocycles. The van der Waals surface area contributed by atoms with Gasteiger partial charge in [0.25, 0.3) is 0 Å². The monoisotopic (exact) mass is 527 g/mol. The average Bonchev–Trinajstić information content (AvgIpc) is 3.50. The van der Waals surface area contributed by atoms with Crippen LogP contribution in [0.25, 0.3) is 0 Å². The zero-order valence-electron chi connectivity index (χ0n) is 17.1. The molecule has 0 spiro atoms. The van der Waals surface area contributed by atoms with E-state index in [1.807, 2.05) is 6.92 Å². The SMILES string of the molecule is CCCOc1ccc(CNC(=NC)NCCCOCC2CC2)c(OC(F)F)c1.I. The third kappa shape index (κ3) is 10.8. The van der Waals surface area contributed by atoms with Crippen molar-refractivity contribution in [1.82, 2.24) is 10.6 Å². The van der Waals surface area contributed by atoms with Crippen LogP contribution in [0.2, 0.25) is 0 Å². The highest BCUT2D eigenvalue weighted by Crippen LogP contribution is 2.28. The lowest BCUT2D eigenvalue weighted by molar-refractivity contribution is -0.0505. The smallest absolute Gasteiger partial charge is 0.387 e. The molecular formula is C20H32F2IN3O3. The van der Waals surface area contributed by atoms with Crippen molar-refractivity contribution in [2.45, 2.75) is 45.8 Å². The van der Waals surface area contributed by atoms with Crippen molar-refractivity contribution in [3.8, 4) is 11.5 Å². The van der Waals surface area contributed by atoms with Gasteiger partial charge in [-0.25, -0.2) is 0 Å². The van der Waals surface area contributed by atoms with Crippen molar-refractivity contribution in [3.05, 3.63) is 23.8 Å². The van der Waals surface area contributed by atoms with Crippen LogP contribution < -0.4 is 20.1 Å². The van der Waals surface area contributed by atoms with Crippen LogP contribution >= 0.6 is 24.0 Å². The van der Waals surface area contributed by atoms with Crippen LogP contribution in [0.1, 0.15) is 38.2 Å². The number of hydrogen-bond donors (Lipinski definition) is 2. The number of rotatable bonds is 13. The molecule has 166 valence electrons. The summed E-state index contributed by atoms with van der Waals surface area (Å²) in [5, 5.41) is 6.30. The van der Waals surface area contributed by atoms with E-state index in [1.54, 1.807) is 19.2 Å². The minimum Gasteiger partial charge on any atom is -0.493 e. The number of ether oxygens (including phenoxy) is 3. The number of guanidine groups is 1. The Hall–Kier alpha value is -1.36. The van der Waals surface area contributed by atoms with Gasteiger partial charge < -0.3 is 24.8 Å². The fourth-order valence-electron chi connectivity index (χ4n) is 2.51. The second-order valence-corrected chi connectivity index (χ2v) is 6.72. The van der Waals surface area contributed by atoms with Gasteiger partial charge in [-0.15, -0.1) is 24.0 Å². The quantitative estimate of drug-likeness (QED) is 0.175. The molecule has 6 nitrogen and oxygen atoms in total. The highest BCUT2D eigenvalue weighted by Gasteiger charge is 2.20. The van der Waals surface area contributed by atoms with Gasteiger partial charge in [-0.3, -0.25) is 4.99 Å². The molecule has 0 bridgehead atoms. The minimum atomic E-state index is -2.90. The molecular weight excluding hydrogens is 495 g/mol. The van der Waals surface area contributed by atoms with Gasteiger partial charge in [-0.1, -0.05) is 6.92 Å². The summed E-state index contributed by atoms with van der Waals surface area (Å²) in [4.78, 5) is 4.15. The number of alkyl halides is 2. The molecule has 1 saturated carbocycles. The van der Waals surface area contributed by atoms with Gasteiger partial charge in [0.05, 0.1) is 6.61 Å². The van der Waals surface area contributed by atoms with Crippen molar-refractivity contribution < 1.29 is 23.0 Å². The summed E-state index contributed by atoms with van der Waals surface area (Å²) in [5.74, 6) is 1.97. The Bertz CT molecular complexity index is 617. The molecule has 0 heterocycles. The Labute approximate surface area is 188 Å². The number of nitrogens with one attached hydrogen (secondary N) is 2. The summed E-state index contributed by atoms with van der Waals surface area (Å²) in [6.07, 6.45) is 4.29. The Balaban J connectivity index is 0.00000420. The van der Waals surface area contributed by atoms with Gasteiger partial charge >= 0.3 is 6.61 Å². The molecule has 1 aromatic carbocycles. The molecule has 0 atom stereocenters. The maximum atomic E-state index is 12.7. The number of benzene rings is 1. The molecule has 0 amide bonds. The van der Waals surface area contributed by atoms with Crippen molar-refractivity contribution in [1.29, 1.82) is 0 Å². The van der Waals surface area contributed by atoms with E-state index in [2.05, 4.69) is 20.4 Å². The molecule has 0 radical (unpaired) electrons. The molecule has 0 unspecified atom stereocenters. The Morgan fingerprint density at radius 3 is 2.69 bits per heavy atom. The number of halogens is 3. The molecule has 0 aliphatic heterocycles. The highest BCUT2D eigenvalue weighted by molar-refractivity contribution is 14.0. The van der Waals surface area contributed by atoms with E-state index in [9.17, 15) is 8.78 Å².